The van der Waals surface area contributed by atoms with Crippen molar-refractivity contribution in [3.05, 3.63) is 65.9 Å². The number of carbonyl (C=O) groups excluding carboxylic acids is 1. The number of hydrogen-bond acceptors (Lipinski definition) is 3. The molecule has 4 rings (SSSR count). The maximum absolute atomic E-state index is 12.5. The highest BCUT2D eigenvalue weighted by atomic mass is 16.5. The van der Waals surface area contributed by atoms with Gasteiger partial charge in [-0.1, -0.05) is 38.1 Å². The first-order valence-electron chi connectivity index (χ1n) is 8.78. The average molecular weight is 347 g/mol. The van der Waals surface area contributed by atoms with Gasteiger partial charge in [0.15, 0.2) is 0 Å². The molecule has 132 valence electrons. The van der Waals surface area contributed by atoms with Crippen LogP contribution in [0.25, 0.3) is 11.3 Å². The van der Waals surface area contributed by atoms with Crippen LogP contribution in [-0.4, -0.2) is 15.7 Å². The second kappa shape index (κ2) is 6.67. The second-order valence-corrected chi connectivity index (χ2v) is 6.79. The van der Waals surface area contributed by atoms with Gasteiger partial charge in [0.1, 0.15) is 18.9 Å². The van der Waals surface area contributed by atoms with Crippen molar-refractivity contribution in [2.24, 2.45) is 0 Å². The fraction of sp³-hybridized carbons (Fsp3) is 0.238. The molecule has 0 aliphatic carbocycles. The molecule has 2 heterocycles. The SMILES string of the molecule is CC(C)c1ccc(NC(=O)Cn2ncc3c2-c2ccccc2OC3)cc1. The van der Waals surface area contributed by atoms with Crippen LogP contribution in [0.1, 0.15) is 30.9 Å². The number of fused-ring (bicyclic) bond motifs is 3. The number of rotatable bonds is 4. The van der Waals surface area contributed by atoms with Crippen LogP contribution < -0.4 is 10.1 Å². The first-order valence-corrected chi connectivity index (χ1v) is 8.78. The summed E-state index contributed by atoms with van der Waals surface area (Å²) in [5, 5.41) is 7.34. The van der Waals surface area contributed by atoms with Gasteiger partial charge in [0.25, 0.3) is 0 Å². The van der Waals surface area contributed by atoms with Gasteiger partial charge in [-0.05, 0) is 35.7 Å². The van der Waals surface area contributed by atoms with Gasteiger partial charge in [0.05, 0.1) is 11.9 Å². The van der Waals surface area contributed by atoms with Gasteiger partial charge in [0.2, 0.25) is 5.91 Å². The number of amides is 1. The molecular weight excluding hydrogens is 326 g/mol. The lowest BCUT2D eigenvalue weighted by Crippen LogP contribution is -2.20. The van der Waals surface area contributed by atoms with E-state index in [1.807, 2.05) is 48.5 Å². The van der Waals surface area contributed by atoms with E-state index in [2.05, 4.69) is 24.3 Å². The van der Waals surface area contributed by atoms with E-state index in [0.29, 0.717) is 12.5 Å². The first kappa shape index (κ1) is 16.4. The highest BCUT2D eigenvalue weighted by molar-refractivity contribution is 5.91. The maximum atomic E-state index is 12.5. The summed E-state index contributed by atoms with van der Waals surface area (Å²) in [6, 6.07) is 15.8. The number of anilines is 1. The number of ether oxygens (including phenoxy) is 1. The zero-order valence-electron chi connectivity index (χ0n) is 14.9. The molecule has 0 saturated carbocycles. The van der Waals surface area contributed by atoms with E-state index >= 15 is 0 Å². The summed E-state index contributed by atoms with van der Waals surface area (Å²) in [5.41, 5.74) is 4.97. The third kappa shape index (κ3) is 3.08. The van der Waals surface area contributed by atoms with Crippen molar-refractivity contribution in [2.75, 3.05) is 5.32 Å². The highest BCUT2D eigenvalue weighted by Crippen LogP contribution is 2.36. The molecular formula is C21H21N3O2. The van der Waals surface area contributed by atoms with Gasteiger partial charge < -0.3 is 10.1 Å². The Hall–Kier alpha value is -3.08. The van der Waals surface area contributed by atoms with Gasteiger partial charge >= 0.3 is 0 Å². The Balaban J connectivity index is 1.52. The summed E-state index contributed by atoms with van der Waals surface area (Å²) < 4.78 is 7.48. The third-order valence-electron chi connectivity index (χ3n) is 4.60. The number of aromatic nitrogens is 2. The highest BCUT2D eigenvalue weighted by Gasteiger charge is 2.22. The number of carbonyl (C=O) groups is 1. The van der Waals surface area contributed by atoms with E-state index in [9.17, 15) is 4.79 Å². The minimum Gasteiger partial charge on any atom is -0.488 e. The molecule has 1 aromatic heterocycles. The van der Waals surface area contributed by atoms with Crippen LogP contribution in [0, 0.1) is 0 Å². The van der Waals surface area contributed by atoms with Gasteiger partial charge in [0, 0.05) is 16.8 Å². The van der Waals surface area contributed by atoms with E-state index in [-0.39, 0.29) is 12.5 Å². The summed E-state index contributed by atoms with van der Waals surface area (Å²) in [4.78, 5) is 12.5. The maximum Gasteiger partial charge on any atom is 0.246 e. The minimum atomic E-state index is -0.0998. The third-order valence-corrected chi connectivity index (χ3v) is 4.60. The molecule has 1 aliphatic rings. The molecule has 0 saturated heterocycles. The standard InChI is InChI=1S/C21H21N3O2/c1-14(2)15-7-9-17(10-8-15)23-20(25)12-24-21-16(11-22-24)13-26-19-6-4-3-5-18(19)21/h3-11,14H,12-13H2,1-2H3,(H,23,25). The Morgan fingerprint density at radius 1 is 1.19 bits per heavy atom. The Morgan fingerprint density at radius 2 is 1.96 bits per heavy atom. The summed E-state index contributed by atoms with van der Waals surface area (Å²) in [6.45, 7) is 4.94. The van der Waals surface area contributed by atoms with Crippen molar-refractivity contribution in [2.45, 2.75) is 32.9 Å². The predicted octanol–water partition coefficient (Wildman–Crippen LogP) is 4.20. The summed E-state index contributed by atoms with van der Waals surface area (Å²) in [7, 11) is 0. The number of nitrogens with one attached hydrogen (secondary N) is 1. The monoisotopic (exact) mass is 347 g/mol. The number of benzene rings is 2. The van der Waals surface area contributed by atoms with Crippen molar-refractivity contribution < 1.29 is 9.53 Å². The molecule has 0 unspecified atom stereocenters. The lowest BCUT2D eigenvalue weighted by Gasteiger charge is -2.19. The van der Waals surface area contributed by atoms with Crippen molar-refractivity contribution in [1.29, 1.82) is 0 Å². The van der Waals surface area contributed by atoms with E-state index < -0.39 is 0 Å². The second-order valence-electron chi connectivity index (χ2n) is 6.79. The molecule has 3 aromatic rings. The molecule has 2 aromatic carbocycles. The molecule has 1 N–H and O–H groups in total. The molecule has 1 amide bonds. The predicted molar refractivity (Wildman–Crippen MR) is 101 cm³/mol. The molecule has 0 fully saturated rings. The molecule has 1 aliphatic heterocycles. The lowest BCUT2D eigenvalue weighted by atomic mass is 10.0. The molecule has 0 atom stereocenters. The Bertz CT molecular complexity index is 942. The lowest BCUT2D eigenvalue weighted by molar-refractivity contribution is -0.116. The normalized spacial score (nSPS) is 12.3. The smallest absolute Gasteiger partial charge is 0.246 e. The van der Waals surface area contributed by atoms with Gasteiger partial charge in [-0.2, -0.15) is 5.10 Å². The van der Waals surface area contributed by atoms with Crippen LogP contribution in [0.2, 0.25) is 0 Å². The number of hydrogen-bond donors (Lipinski definition) is 1. The van der Waals surface area contributed by atoms with Crippen LogP contribution in [0.15, 0.2) is 54.7 Å². The topological polar surface area (TPSA) is 56.2 Å². The minimum absolute atomic E-state index is 0.0998. The van der Waals surface area contributed by atoms with E-state index in [1.165, 1.54) is 5.56 Å². The van der Waals surface area contributed by atoms with Gasteiger partial charge in [-0.15, -0.1) is 0 Å². The van der Waals surface area contributed by atoms with Crippen molar-refractivity contribution in [3.8, 4) is 17.0 Å². The Kier molecular flexibility index (Phi) is 4.21. The van der Waals surface area contributed by atoms with Crippen LogP contribution in [-0.2, 0) is 17.9 Å². The molecule has 0 spiro atoms. The largest absolute Gasteiger partial charge is 0.488 e. The summed E-state index contributed by atoms with van der Waals surface area (Å²) in [6.07, 6.45) is 1.77. The first-order chi connectivity index (χ1) is 12.6. The fourth-order valence-electron chi connectivity index (χ4n) is 3.19. The van der Waals surface area contributed by atoms with Crippen molar-refractivity contribution in [1.82, 2.24) is 9.78 Å². The molecule has 26 heavy (non-hydrogen) atoms. The number of para-hydroxylation sites is 1. The molecule has 5 heteroatoms. The average Bonchev–Trinajstić information content (AvgIpc) is 3.05. The summed E-state index contributed by atoms with van der Waals surface area (Å²) >= 11 is 0. The van der Waals surface area contributed by atoms with E-state index in [0.717, 1.165) is 28.3 Å². The van der Waals surface area contributed by atoms with Crippen molar-refractivity contribution >= 4 is 11.6 Å². The van der Waals surface area contributed by atoms with E-state index in [4.69, 9.17) is 4.74 Å². The molecule has 0 bridgehead atoms. The van der Waals surface area contributed by atoms with E-state index in [1.54, 1.807) is 10.9 Å². The Labute approximate surface area is 152 Å². The van der Waals surface area contributed by atoms with Crippen LogP contribution >= 0.6 is 0 Å². The zero-order chi connectivity index (χ0) is 18.1. The van der Waals surface area contributed by atoms with Gasteiger partial charge in [-0.25, -0.2) is 0 Å². The Morgan fingerprint density at radius 3 is 2.73 bits per heavy atom. The van der Waals surface area contributed by atoms with Gasteiger partial charge in [-0.3, -0.25) is 9.48 Å². The van der Waals surface area contributed by atoms with Crippen molar-refractivity contribution in [3.63, 3.8) is 0 Å². The van der Waals surface area contributed by atoms with Crippen LogP contribution in [0.5, 0.6) is 5.75 Å². The quantitative estimate of drug-likeness (QED) is 0.769. The zero-order valence-corrected chi connectivity index (χ0v) is 14.9. The number of nitrogens with zero attached hydrogens (tertiary/aromatic N) is 2. The van der Waals surface area contributed by atoms with Crippen LogP contribution in [0.3, 0.4) is 0 Å². The fourth-order valence-corrected chi connectivity index (χ4v) is 3.19. The molecule has 0 radical (unpaired) electrons. The van der Waals surface area contributed by atoms with Crippen LogP contribution in [0.4, 0.5) is 5.69 Å². The molecule has 5 nitrogen and oxygen atoms in total. The summed E-state index contributed by atoms with van der Waals surface area (Å²) in [5.74, 6) is 1.20.